The van der Waals surface area contributed by atoms with E-state index in [2.05, 4.69) is 0 Å². The van der Waals surface area contributed by atoms with Gasteiger partial charge in [0.1, 0.15) is 0 Å². The minimum Gasteiger partial charge on any atom is -0.375 e. The average molecular weight is 452 g/mol. The van der Waals surface area contributed by atoms with Crippen LogP contribution in [-0.2, 0) is 21.7 Å². The van der Waals surface area contributed by atoms with Crippen LogP contribution in [0.2, 0.25) is 10.0 Å². The van der Waals surface area contributed by atoms with E-state index < -0.39 is 11.5 Å². The lowest BCUT2D eigenvalue weighted by Crippen LogP contribution is -2.41. The number of anilines is 1. The topological polar surface area (TPSA) is 57.6 Å². The molecule has 0 fully saturated rings. The number of hydrogen-bond acceptors (Lipinski definition) is 3. The van der Waals surface area contributed by atoms with Crippen molar-refractivity contribution in [1.29, 1.82) is 0 Å². The number of rotatable bonds is 6. The number of benzene rings is 3. The van der Waals surface area contributed by atoms with E-state index in [1.165, 1.54) is 11.0 Å². The van der Waals surface area contributed by atoms with Crippen LogP contribution in [0.3, 0.4) is 0 Å². The van der Waals surface area contributed by atoms with Gasteiger partial charge in [0, 0.05) is 5.56 Å². The summed E-state index contributed by atoms with van der Waals surface area (Å²) in [5.41, 5.74) is 0.687. The van der Waals surface area contributed by atoms with Crippen molar-refractivity contribution in [1.82, 2.24) is 0 Å². The molecule has 1 amide bonds. The number of carbonyl (C=O) groups is 2. The number of aliphatic hydroxyl groups is 1. The Balaban J connectivity index is 1.60. The number of carbonyl (C=O) groups excluding carboxylic acids is 2. The first-order valence-electron chi connectivity index (χ1n) is 9.72. The maximum Gasteiger partial charge on any atom is 0.264 e. The van der Waals surface area contributed by atoms with Crippen LogP contribution < -0.4 is 4.90 Å². The van der Waals surface area contributed by atoms with Gasteiger partial charge in [0.2, 0.25) is 0 Å². The molecule has 4 nitrogen and oxygen atoms in total. The molecule has 1 aliphatic heterocycles. The van der Waals surface area contributed by atoms with E-state index in [0.717, 1.165) is 11.1 Å². The lowest BCUT2D eigenvalue weighted by Gasteiger charge is -2.22. The molecule has 1 aliphatic rings. The van der Waals surface area contributed by atoms with Gasteiger partial charge in [0.05, 0.1) is 28.7 Å². The molecule has 156 valence electrons. The summed E-state index contributed by atoms with van der Waals surface area (Å²) in [4.78, 5) is 27.4. The van der Waals surface area contributed by atoms with E-state index in [1.54, 1.807) is 48.5 Å². The van der Waals surface area contributed by atoms with E-state index in [4.69, 9.17) is 23.2 Å². The van der Waals surface area contributed by atoms with Gasteiger partial charge in [-0.2, -0.15) is 0 Å². The Kier molecular flexibility index (Phi) is 5.96. The fraction of sp³-hybridized carbons (Fsp3) is 0.120. The van der Waals surface area contributed by atoms with Crippen LogP contribution >= 0.6 is 23.2 Å². The number of nitrogens with zero attached hydrogens (tertiary/aromatic N) is 1. The fourth-order valence-electron chi connectivity index (χ4n) is 3.72. The Hall–Kier alpha value is -2.92. The Morgan fingerprint density at radius 3 is 2.42 bits per heavy atom. The van der Waals surface area contributed by atoms with E-state index in [0.29, 0.717) is 21.3 Å². The molecule has 0 saturated carbocycles. The molecule has 1 atom stereocenters. The molecule has 0 saturated heterocycles. The molecule has 3 aromatic rings. The number of amides is 1. The first kappa shape index (κ1) is 21.3. The highest BCUT2D eigenvalue weighted by molar-refractivity contribution is 6.42. The third-order valence-corrected chi connectivity index (χ3v) is 5.99. The largest absolute Gasteiger partial charge is 0.375 e. The molecule has 0 radical (unpaired) electrons. The third-order valence-electron chi connectivity index (χ3n) is 5.26. The summed E-state index contributed by atoms with van der Waals surface area (Å²) in [6, 6.07) is 21.4. The molecule has 4 rings (SSSR count). The fourth-order valence-corrected chi connectivity index (χ4v) is 4.04. The summed E-state index contributed by atoms with van der Waals surface area (Å²) in [6.45, 7) is 0.198. The van der Waals surface area contributed by atoms with Gasteiger partial charge in [0.25, 0.3) is 5.91 Å². The van der Waals surface area contributed by atoms with Crippen molar-refractivity contribution in [2.24, 2.45) is 0 Å². The number of hydrogen-bond donors (Lipinski definition) is 1. The summed E-state index contributed by atoms with van der Waals surface area (Å²) >= 11 is 12.1. The minimum absolute atomic E-state index is 0.198. The lowest BCUT2D eigenvalue weighted by molar-refractivity contribution is -0.140. The van der Waals surface area contributed by atoms with Gasteiger partial charge in [-0.25, -0.2) is 0 Å². The monoisotopic (exact) mass is 451 g/mol. The van der Waals surface area contributed by atoms with Gasteiger partial charge >= 0.3 is 0 Å². The Bertz CT molecular complexity index is 1180. The van der Waals surface area contributed by atoms with Crippen LogP contribution in [0.25, 0.3) is 6.08 Å². The summed E-state index contributed by atoms with van der Waals surface area (Å²) in [6.07, 6.45) is 2.72. The predicted octanol–water partition coefficient (Wildman–Crippen LogP) is 5.40. The molecule has 1 N–H and O–H groups in total. The SMILES string of the molecule is O=C(/C=C/c1ccccc1)CC1(O)C(=O)N(Cc2ccc(Cl)c(Cl)c2)c2ccccc21. The van der Waals surface area contributed by atoms with Crippen LogP contribution in [-0.4, -0.2) is 16.8 Å². The van der Waals surface area contributed by atoms with Crippen molar-refractivity contribution in [2.75, 3.05) is 4.90 Å². The Morgan fingerprint density at radius 1 is 0.968 bits per heavy atom. The van der Waals surface area contributed by atoms with Crippen LogP contribution in [0.15, 0.2) is 78.9 Å². The van der Waals surface area contributed by atoms with E-state index in [-0.39, 0.29) is 18.7 Å². The Morgan fingerprint density at radius 2 is 1.68 bits per heavy atom. The molecule has 1 heterocycles. The molecule has 0 spiro atoms. The van der Waals surface area contributed by atoms with E-state index in [9.17, 15) is 14.7 Å². The molecule has 6 heteroatoms. The van der Waals surface area contributed by atoms with Crippen molar-refractivity contribution in [3.05, 3.63) is 106 Å². The molecular weight excluding hydrogens is 433 g/mol. The molecule has 31 heavy (non-hydrogen) atoms. The van der Waals surface area contributed by atoms with Crippen molar-refractivity contribution in [3.63, 3.8) is 0 Å². The van der Waals surface area contributed by atoms with Gasteiger partial charge in [-0.15, -0.1) is 0 Å². The maximum absolute atomic E-state index is 13.3. The smallest absolute Gasteiger partial charge is 0.264 e. The second-order valence-electron chi connectivity index (χ2n) is 7.40. The number of allylic oxidation sites excluding steroid dienone is 1. The number of halogens is 2. The van der Waals surface area contributed by atoms with Gasteiger partial charge in [-0.3, -0.25) is 9.59 Å². The van der Waals surface area contributed by atoms with Crippen LogP contribution in [0.4, 0.5) is 5.69 Å². The van der Waals surface area contributed by atoms with Gasteiger partial charge in [-0.05, 0) is 35.4 Å². The second-order valence-corrected chi connectivity index (χ2v) is 8.22. The zero-order chi connectivity index (χ0) is 22.0. The van der Waals surface area contributed by atoms with E-state index in [1.807, 2.05) is 30.3 Å². The Labute approximate surface area is 190 Å². The number of fused-ring (bicyclic) bond motifs is 1. The number of ketones is 1. The highest BCUT2D eigenvalue weighted by Gasteiger charge is 2.50. The second kappa shape index (κ2) is 8.67. The zero-order valence-electron chi connectivity index (χ0n) is 16.5. The van der Waals surface area contributed by atoms with Crippen molar-refractivity contribution < 1.29 is 14.7 Å². The molecule has 3 aromatic carbocycles. The average Bonchev–Trinajstić information content (AvgIpc) is 2.97. The van der Waals surface area contributed by atoms with Crippen molar-refractivity contribution in [2.45, 2.75) is 18.6 Å². The summed E-state index contributed by atoms with van der Waals surface area (Å²) in [5, 5.41) is 12.1. The quantitative estimate of drug-likeness (QED) is 0.510. The highest BCUT2D eigenvalue weighted by Crippen LogP contribution is 2.43. The molecule has 1 unspecified atom stereocenters. The van der Waals surface area contributed by atoms with Crippen LogP contribution in [0.5, 0.6) is 0 Å². The van der Waals surface area contributed by atoms with Gasteiger partial charge < -0.3 is 10.0 Å². The standard InChI is InChI=1S/C25H19Cl2NO3/c26-21-13-11-18(14-22(21)27)16-28-23-9-5-4-8-20(23)25(31,24(28)30)15-19(29)12-10-17-6-2-1-3-7-17/h1-14,31H,15-16H2/b12-10+. The highest BCUT2D eigenvalue weighted by atomic mass is 35.5. The zero-order valence-corrected chi connectivity index (χ0v) is 18.0. The van der Waals surface area contributed by atoms with Crippen LogP contribution in [0.1, 0.15) is 23.1 Å². The summed E-state index contributed by atoms with van der Waals surface area (Å²) < 4.78 is 0. The minimum atomic E-state index is -1.93. The first-order chi connectivity index (χ1) is 14.9. The van der Waals surface area contributed by atoms with Crippen LogP contribution in [0, 0.1) is 0 Å². The third kappa shape index (κ3) is 4.28. The molecule has 0 aromatic heterocycles. The lowest BCUT2D eigenvalue weighted by atomic mass is 9.89. The van der Waals surface area contributed by atoms with Gasteiger partial charge in [-0.1, -0.05) is 83.9 Å². The van der Waals surface area contributed by atoms with Crippen molar-refractivity contribution in [3.8, 4) is 0 Å². The molecule has 0 aliphatic carbocycles. The normalized spacial score (nSPS) is 17.9. The molecular formula is C25H19Cl2NO3. The summed E-state index contributed by atoms with van der Waals surface area (Å²) in [5.74, 6) is -0.882. The number of para-hydroxylation sites is 1. The maximum atomic E-state index is 13.3. The molecule has 0 bridgehead atoms. The van der Waals surface area contributed by atoms with E-state index >= 15 is 0 Å². The van der Waals surface area contributed by atoms with Crippen molar-refractivity contribution >= 4 is 46.7 Å². The predicted molar refractivity (Wildman–Crippen MR) is 123 cm³/mol. The van der Waals surface area contributed by atoms with Gasteiger partial charge in [0.15, 0.2) is 11.4 Å². The summed E-state index contributed by atoms with van der Waals surface area (Å²) in [7, 11) is 0. The first-order valence-corrected chi connectivity index (χ1v) is 10.5.